The number of ketones is 1. The number of anilines is 2. The van der Waals surface area contributed by atoms with Gasteiger partial charge in [0.1, 0.15) is 5.75 Å². The molecule has 3 aromatic carbocycles. The lowest BCUT2D eigenvalue weighted by atomic mass is 9.78. The van der Waals surface area contributed by atoms with Crippen molar-refractivity contribution in [3.8, 4) is 23.0 Å². The van der Waals surface area contributed by atoms with Crippen LogP contribution >= 0.6 is 0 Å². The van der Waals surface area contributed by atoms with Crippen LogP contribution in [0.2, 0.25) is 0 Å². The molecule has 2 aliphatic rings. The van der Waals surface area contributed by atoms with E-state index in [1.807, 2.05) is 67.6 Å². The van der Waals surface area contributed by atoms with Crippen LogP contribution in [0.4, 0.5) is 11.4 Å². The van der Waals surface area contributed by atoms with Gasteiger partial charge in [0.2, 0.25) is 5.75 Å². The maximum atomic E-state index is 13.9. The monoisotopic (exact) mass is 500 g/mol. The van der Waals surface area contributed by atoms with Crippen molar-refractivity contribution < 1.29 is 23.7 Å². The normalized spacial score (nSPS) is 18.5. The van der Waals surface area contributed by atoms with Crippen LogP contribution in [0.15, 0.2) is 71.9 Å². The summed E-state index contributed by atoms with van der Waals surface area (Å²) in [5.41, 5.74) is 5.42. The molecule has 0 unspecified atom stereocenters. The molecule has 7 nitrogen and oxygen atoms in total. The standard InChI is InChI=1S/C30H32N2O5/c1-5-37-25-13-9-6-10-20(25)29-28-23(31-21-11-7-8-12-22(21)32-29)14-18(15-24(28)33)19-16-26(34-2)30(36-4)27(17-19)35-3/h6-13,16-18,29,31-32H,5,14-15H2,1-4H3/t18-,29+/m0/s1. The predicted octanol–water partition coefficient (Wildman–Crippen LogP) is 6.09. The van der Waals surface area contributed by atoms with Gasteiger partial charge in [-0.15, -0.1) is 0 Å². The van der Waals surface area contributed by atoms with Crippen LogP contribution in [0.25, 0.3) is 0 Å². The zero-order valence-corrected chi connectivity index (χ0v) is 21.6. The van der Waals surface area contributed by atoms with Gasteiger partial charge in [-0.05, 0) is 55.2 Å². The van der Waals surface area contributed by atoms with Gasteiger partial charge in [-0.25, -0.2) is 0 Å². The third kappa shape index (κ3) is 4.57. The Morgan fingerprint density at radius 1 is 0.838 bits per heavy atom. The molecule has 192 valence electrons. The number of allylic oxidation sites excluding steroid dienone is 1. The lowest BCUT2D eigenvalue weighted by Crippen LogP contribution is -2.27. The fourth-order valence-corrected chi connectivity index (χ4v) is 5.30. The highest BCUT2D eigenvalue weighted by Gasteiger charge is 2.37. The Kier molecular flexibility index (Phi) is 6.95. The molecule has 1 aliphatic heterocycles. The second-order valence-electron chi connectivity index (χ2n) is 9.10. The van der Waals surface area contributed by atoms with E-state index in [0.717, 1.165) is 39.5 Å². The molecule has 1 aliphatic carbocycles. The first kappa shape index (κ1) is 24.6. The molecule has 1 heterocycles. The fourth-order valence-electron chi connectivity index (χ4n) is 5.30. The lowest BCUT2D eigenvalue weighted by molar-refractivity contribution is -0.116. The van der Waals surface area contributed by atoms with Gasteiger partial charge in [0.15, 0.2) is 17.3 Å². The zero-order chi connectivity index (χ0) is 25.9. The van der Waals surface area contributed by atoms with Crippen LogP contribution in [0.3, 0.4) is 0 Å². The van der Waals surface area contributed by atoms with Crippen LogP contribution in [0, 0.1) is 0 Å². The fraction of sp³-hybridized carbons (Fsp3) is 0.300. The number of hydrogen-bond acceptors (Lipinski definition) is 7. The Morgan fingerprint density at radius 3 is 2.19 bits per heavy atom. The highest BCUT2D eigenvalue weighted by atomic mass is 16.5. The summed E-state index contributed by atoms with van der Waals surface area (Å²) in [6, 6.07) is 19.5. The van der Waals surface area contributed by atoms with E-state index in [1.165, 1.54) is 0 Å². The minimum atomic E-state index is -0.345. The molecule has 0 saturated carbocycles. The maximum absolute atomic E-state index is 13.9. The van der Waals surface area contributed by atoms with E-state index in [9.17, 15) is 4.79 Å². The molecule has 0 aromatic heterocycles. The van der Waals surface area contributed by atoms with Gasteiger partial charge in [-0.3, -0.25) is 4.79 Å². The molecule has 0 amide bonds. The van der Waals surface area contributed by atoms with Gasteiger partial charge in [-0.2, -0.15) is 0 Å². The number of rotatable bonds is 7. The first-order valence-electron chi connectivity index (χ1n) is 12.5. The molecule has 7 heteroatoms. The largest absolute Gasteiger partial charge is 0.494 e. The Hall–Kier alpha value is -4.13. The molecule has 0 saturated heterocycles. The van der Waals surface area contributed by atoms with Gasteiger partial charge < -0.3 is 29.6 Å². The first-order valence-corrected chi connectivity index (χ1v) is 12.5. The number of carbonyl (C=O) groups is 1. The highest BCUT2D eigenvalue weighted by molar-refractivity contribution is 6.01. The Morgan fingerprint density at radius 2 is 1.51 bits per heavy atom. The van der Waals surface area contributed by atoms with Crippen LogP contribution in [0.5, 0.6) is 23.0 Å². The van der Waals surface area contributed by atoms with Gasteiger partial charge in [0.05, 0.1) is 45.4 Å². The summed E-state index contributed by atoms with van der Waals surface area (Å²) >= 11 is 0. The van der Waals surface area contributed by atoms with Crippen molar-refractivity contribution in [1.82, 2.24) is 0 Å². The molecule has 0 spiro atoms. The van der Waals surface area contributed by atoms with Crippen molar-refractivity contribution >= 4 is 17.2 Å². The van der Waals surface area contributed by atoms with E-state index < -0.39 is 0 Å². The smallest absolute Gasteiger partial charge is 0.203 e. The second kappa shape index (κ2) is 10.5. The average molecular weight is 501 g/mol. The number of hydrogen-bond donors (Lipinski definition) is 2. The van der Waals surface area contributed by atoms with E-state index in [4.69, 9.17) is 18.9 Å². The summed E-state index contributed by atoms with van der Waals surface area (Å²) in [6.07, 6.45) is 1.02. The zero-order valence-electron chi connectivity index (χ0n) is 21.6. The molecule has 2 atom stereocenters. The third-order valence-electron chi connectivity index (χ3n) is 7.00. The summed E-state index contributed by atoms with van der Waals surface area (Å²) in [6.45, 7) is 2.51. The first-order chi connectivity index (χ1) is 18.1. The summed E-state index contributed by atoms with van der Waals surface area (Å²) in [5, 5.41) is 7.22. The minimum absolute atomic E-state index is 0.0551. The number of ether oxygens (including phenoxy) is 4. The maximum Gasteiger partial charge on any atom is 0.203 e. The number of Topliss-reactive ketones (excluding diaryl/α,β-unsaturated/α-hetero) is 1. The number of carbonyl (C=O) groups excluding carboxylic acids is 1. The third-order valence-corrected chi connectivity index (χ3v) is 7.00. The van der Waals surface area contributed by atoms with Crippen molar-refractivity contribution in [2.75, 3.05) is 38.6 Å². The Balaban J connectivity index is 1.61. The van der Waals surface area contributed by atoms with E-state index in [2.05, 4.69) is 10.6 Å². The van der Waals surface area contributed by atoms with Crippen molar-refractivity contribution in [3.63, 3.8) is 0 Å². The van der Waals surface area contributed by atoms with Gasteiger partial charge >= 0.3 is 0 Å². The minimum Gasteiger partial charge on any atom is -0.494 e. The van der Waals surface area contributed by atoms with E-state index in [0.29, 0.717) is 36.7 Å². The van der Waals surface area contributed by atoms with Crippen molar-refractivity contribution in [2.45, 2.75) is 31.7 Å². The molecule has 3 aromatic rings. The molecular formula is C30H32N2O5. The summed E-state index contributed by atoms with van der Waals surface area (Å²) < 4.78 is 22.6. The van der Waals surface area contributed by atoms with Crippen molar-refractivity contribution in [2.24, 2.45) is 0 Å². The predicted molar refractivity (Wildman–Crippen MR) is 144 cm³/mol. The molecule has 0 fully saturated rings. The Bertz CT molecular complexity index is 1320. The summed E-state index contributed by atoms with van der Waals surface area (Å²) in [5.74, 6) is 2.49. The number of methoxy groups -OCH3 is 3. The SMILES string of the molecule is CCOc1ccccc1[C@H]1Nc2ccccc2NC2=C1C(=O)C[C@@H](c1cc(OC)c(OC)c(OC)c1)C2. The topological polar surface area (TPSA) is 78.1 Å². The molecule has 0 radical (unpaired) electrons. The molecular weight excluding hydrogens is 468 g/mol. The quantitative estimate of drug-likeness (QED) is 0.406. The van der Waals surface area contributed by atoms with Gasteiger partial charge in [0, 0.05) is 23.3 Å². The van der Waals surface area contributed by atoms with Crippen LogP contribution in [-0.2, 0) is 4.79 Å². The molecule has 5 rings (SSSR count). The van der Waals surface area contributed by atoms with Crippen LogP contribution < -0.4 is 29.6 Å². The number of benzene rings is 3. The van der Waals surface area contributed by atoms with Crippen molar-refractivity contribution in [1.29, 1.82) is 0 Å². The molecule has 2 N–H and O–H groups in total. The van der Waals surface area contributed by atoms with E-state index in [1.54, 1.807) is 21.3 Å². The number of para-hydroxylation sites is 3. The number of fused-ring (bicyclic) bond motifs is 1. The van der Waals surface area contributed by atoms with Crippen LogP contribution in [0.1, 0.15) is 42.9 Å². The van der Waals surface area contributed by atoms with E-state index in [-0.39, 0.29) is 17.7 Å². The molecule has 37 heavy (non-hydrogen) atoms. The van der Waals surface area contributed by atoms with Crippen LogP contribution in [-0.4, -0.2) is 33.7 Å². The number of nitrogens with one attached hydrogen (secondary N) is 2. The van der Waals surface area contributed by atoms with E-state index >= 15 is 0 Å². The second-order valence-corrected chi connectivity index (χ2v) is 9.10. The lowest BCUT2D eigenvalue weighted by Gasteiger charge is -2.31. The average Bonchev–Trinajstić information content (AvgIpc) is 3.09. The molecule has 0 bridgehead atoms. The van der Waals surface area contributed by atoms with Crippen molar-refractivity contribution in [3.05, 3.63) is 83.1 Å². The highest BCUT2D eigenvalue weighted by Crippen LogP contribution is 2.48. The summed E-state index contributed by atoms with van der Waals surface area (Å²) in [4.78, 5) is 13.9. The van der Waals surface area contributed by atoms with Gasteiger partial charge in [-0.1, -0.05) is 30.3 Å². The Labute approximate surface area is 217 Å². The van der Waals surface area contributed by atoms with Gasteiger partial charge in [0.25, 0.3) is 0 Å². The summed E-state index contributed by atoms with van der Waals surface area (Å²) in [7, 11) is 4.79.